The number of nitrogens with one attached hydrogen (secondary N) is 1. The van der Waals surface area contributed by atoms with Crippen molar-refractivity contribution in [2.24, 2.45) is 0 Å². The Morgan fingerprint density at radius 3 is 2.52 bits per heavy atom. The average molecular weight is 346 g/mol. The third-order valence-corrected chi connectivity index (χ3v) is 4.17. The van der Waals surface area contributed by atoms with Gasteiger partial charge in [0.25, 0.3) is 0 Å². The lowest BCUT2D eigenvalue weighted by Crippen LogP contribution is -2.50. The molecule has 0 unspecified atom stereocenters. The normalized spacial score (nSPS) is 15.0. The summed E-state index contributed by atoms with van der Waals surface area (Å²) >= 11 is 0. The molecule has 136 valence electrons. The molecule has 0 saturated carbocycles. The van der Waals surface area contributed by atoms with Gasteiger partial charge in [0.05, 0.1) is 38.0 Å². The summed E-state index contributed by atoms with van der Waals surface area (Å²) in [7, 11) is 1.66. The van der Waals surface area contributed by atoms with Gasteiger partial charge in [-0.1, -0.05) is 0 Å². The summed E-state index contributed by atoms with van der Waals surface area (Å²) in [6, 6.07) is 9.18. The second-order valence-corrected chi connectivity index (χ2v) is 5.87. The van der Waals surface area contributed by atoms with Crippen molar-refractivity contribution in [3.05, 3.63) is 29.8 Å². The summed E-state index contributed by atoms with van der Waals surface area (Å²) < 4.78 is 10.4. The minimum absolute atomic E-state index is 0.0976. The van der Waals surface area contributed by atoms with Crippen LogP contribution in [0.3, 0.4) is 0 Å². The van der Waals surface area contributed by atoms with Crippen molar-refractivity contribution in [3.63, 3.8) is 0 Å². The van der Waals surface area contributed by atoms with Crippen LogP contribution in [0.1, 0.15) is 5.56 Å². The van der Waals surface area contributed by atoms with Crippen LogP contribution in [-0.4, -0.2) is 81.9 Å². The van der Waals surface area contributed by atoms with Gasteiger partial charge >= 0.3 is 0 Å². The Kier molecular flexibility index (Phi) is 8.19. The van der Waals surface area contributed by atoms with E-state index in [-0.39, 0.29) is 12.5 Å². The summed E-state index contributed by atoms with van der Waals surface area (Å²) in [5.41, 5.74) is 1.46. The molecular weight excluding hydrogens is 320 g/mol. The lowest BCUT2D eigenvalue weighted by atomic mass is 10.2. The van der Waals surface area contributed by atoms with E-state index < -0.39 is 0 Å². The minimum atomic E-state index is 0.0976. The van der Waals surface area contributed by atoms with Gasteiger partial charge in [0.2, 0.25) is 5.91 Å². The molecule has 0 bridgehead atoms. The zero-order valence-corrected chi connectivity index (χ0v) is 14.7. The molecule has 0 atom stereocenters. The Morgan fingerprint density at radius 2 is 1.88 bits per heavy atom. The van der Waals surface area contributed by atoms with Gasteiger partial charge in [0, 0.05) is 45.5 Å². The Hall–Kier alpha value is -2.14. The minimum Gasteiger partial charge on any atom is -0.382 e. The number of methoxy groups -OCH3 is 1. The number of benzene rings is 1. The Morgan fingerprint density at radius 1 is 1.16 bits per heavy atom. The van der Waals surface area contributed by atoms with Gasteiger partial charge in [0.1, 0.15) is 0 Å². The van der Waals surface area contributed by atoms with Gasteiger partial charge in [-0.15, -0.1) is 0 Å². The zero-order valence-electron chi connectivity index (χ0n) is 14.7. The number of ether oxygens (including phenoxy) is 2. The molecule has 1 heterocycles. The average Bonchev–Trinajstić information content (AvgIpc) is 2.67. The lowest BCUT2D eigenvalue weighted by Gasteiger charge is -2.34. The van der Waals surface area contributed by atoms with E-state index in [1.807, 2.05) is 17.0 Å². The fourth-order valence-corrected chi connectivity index (χ4v) is 2.61. The monoisotopic (exact) mass is 346 g/mol. The number of carbonyl (C=O) groups excluding carboxylic acids is 1. The highest BCUT2D eigenvalue weighted by Gasteiger charge is 2.20. The number of nitrogens with zero attached hydrogens (tertiary/aromatic N) is 3. The van der Waals surface area contributed by atoms with Gasteiger partial charge < -0.3 is 19.7 Å². The Bertz CT molecular complexity index is 563. The first-order valence-electron chi connectivity index (χ1n) is 8.54. The van der Waals surface area contributed by atoms with Gasteiger partial charge in [-0.05, 0) is 24.3 Å². The summed E-state index contributed by atoms with van der Waals surface area (Å²) in [5, 5.41) is 11.9. The Balaban J connectivity index is 1.62. The van der Waals surface area contributed by atoms with Gasteiger partial charge in [-0.2, -0.15) is 5.26 Å². The van der Waals surface area contributed by atoms with Crippen LogP contribution in [-0.2, 0) is 14.3 Å². The molecule has 1 aromatic rings. The van der Waals surface area contributed by atoms with Crippen LogP contribution in [0, 0.1) is 11.3 Å². The molecule has 1 aromatic carbocycles. The molecule has 7 nitrogen and oxygen atoms in total. The van der Waals surface area contributed by atoms with E-state index in [9.17, 15) is 4.79 Å². The van der Waals surface area contributed by atoms with Crippen LogP contribution in [0.2, 0.25) is 0 Å². The van der Waals surface area contributed by atoms with E-state index in [1.165, 1.54) is 0 Å². The van der Waals surface area contributed by atoms with E-state index in [0.29, 0.717) is 25.4 Å². The molecule has 1 fully saturated rings. The molecule has 1 aliphatic rings. The molecule has 7 heteroatoms. The van der Waals surface area contributed by atoms with Gasteiger partial charge in [-0.3, -0.25) is 9.69 Å². The van der Waals surface area contributed by atoms with Crippen molar-refractivity contribution >= 4 is 11.6 Å². The lowest BCUT2D eigenvalue weighted by molar-refractivity contribution is -0.131. The summed E-state index contributed by atoms with van der Waals surface area (Å²) in [6.07, 6.45) is 0. The first-order chi connectivity index (χ1) is 12.2. The molecule has 0 radical (unpaired) electrons. The quantitative estimate of drug-likeness (QED) is 0.666. The second kappa shape index (κ2) is 10.7. The molecule has 25 heavy (non-hydrogen) atoms. The third kappa shape index (κ3) is 6.70. The first kappa shape index (κ1) is 19.2. The molecule has 0 aliphatic carbocycles. The fourth-order valence-electron chi connectivity index (χ4n) is 2.61. The number of carbonyl (C=O) groups is 1. The highest BCUT2D eigenvalue weighted by molar-refractivity contribution is 5.81. The summed E-state index contributed by atoms with van der Waals surface area (Å²) in [6.45, 7) is 6.31. The number of hydrogen-bond donors (Lipinski definition) is 1. The van der Waals surface area contributed by atoms with Crippen LogP contribution in [0.15, 0.2) is 24.3 Å². The molecule has 2 rings (SSSR count). The van der Waals surface area contributed by atoms with Crippen molar-refractivity contribution < 1.29 is 14.3 Å². The van der Waals surface area contributed by atoms with E-state index in [0.717, 1.165) is 38.4 Å². The van der Waals surface area contributed by atoms with Crippen LogP contribution >= 0.6 is 0 Å². The molecule has 0 aromatic heterocycles. The van der Waals surface area contributed by atoms with Crippen LogP contribution in [0.5, 0.6) is 0 Å². The topological polar surface area (TPSA) is 77.8 Å². The van der Waals surface area contributed by atoms with Crippen molar-refractivity contribution in [2.45, 2.75) is 0 Å². The maximum Gasteiger partial charge on any atom is 0.241 e. The number of anilines is 1. The number of nitriles is 1. The van der Waals surface area contributed by atoms with Gasteiger partial charge in [0.15, 0.2) is 0 Å². The van der Waals surface area contributed by atoms with Crippen molar-refractivity contribution in [1.29, 1.82) is 5.26 Å². The van der Waals surface area contributed by atoms with Crippen LogP contribution in [0.25, 0.3) is 0 Å². The van der Waals surface area contributed by atoms with Crippen molar-refractivity contribution in [2.75, 3.05) is 71.5 Å². The highest BCUT2D eigenvalue weighted by atomic mass is 16.5. The van der Waals surface area contributed by atoms with E-state index in [2.05, 4.69) is 16.3 Å². The second-order valence-electron chi connectivity index (χ2n) is 5.87. The fraction of sp³-hybridized carbons (Fsp3) is 0.556. The summed E-state index contributed by atoms with van der Waals surface area (Å²) in [5.74, 6) is 0.0976. The number of rotatable bonds is 9. The van der Waals surface area contributed by atoms with E-state index in [4.69, 9.17) is 14.7 Å². The number of amides is 1. The smallest absolute Gasteiger partial charge is 0.241 e. The van der Waals surface area contributed by atoms with E-state index >= 15 is 0 Å². The zero-order chi connectivity index (χ0) is 17.9. The van der Waals surface area contributed by atoms with Crippen molar-refractivity contribution in [3.8, 4) is 6.07 Å². The first-order valence-corrected chi connectivity index (χ1v) is 8.54. The van der Waals surface area contributed by atoms with E-state index in [1.54, 1.807) is 19.2 Å². The standard InChI is InChI=1S/C18H26N4O3/c1-24-12-13-25-11-10-21-6-8-22(9-7-21)18(23)15-20-17-4-2-16(14-19)3-5-17/h2-5,20H,6-13,15H2,1H3. The summed E-state index contributed by atoms with van der Waals surface area (Å²) in [4.78, 5) is 16.5. The maximum atomic E-state index is 12.3. The third-order valence-electron chi connectivity index (χ3n) is 4.17. The number of piperazine rings is 1. The molecule has 1 N–H and O–H groups in total. The van der Waals surface area contributed by atoms with Crippen molar-refractivity contribution in [1.82, 2.24) is 9.80 Å². The Labute approximate surface area is 149 Å². The molecule has 1 amide bonds. The highest BCUT2D eigenvalue weighted by Crippen LogP contribution is 2.09. The predicted molar refractivity (Wildman–Crippen MR) is 95.4 cm³/mol. The predicted octanol–water partition coefficient (Wildman–Crippen LogP) is 0.777. The molecular formula is C18H26N4O3. The largest absolute Gasteiger partial charge is 0.382 e. The van der Waals surface area contributed by atoms with Crippen LogP contribution < -0.4 is 5.32 Å². The SMILES string of the molecule is COCCOCCN1CCN(C(=O)CNc2ccc(C#N)cc2)CC1. The van der Waals surface area contributed by atoms with Crippen LogP contribution in [0.4, 0.5) is 5.69 Å². The molecule has 0 spiro atoms. The molecule has 1 saturated heterocycles. The number of hydrogen-bond acceptors (Lipinski definition) is 6. The maximum absolute atomic E-state index is 12.3. The van der Waals surface area contributed by atoms with Gasteiger partial charge in [-0.25, -0.2) is 0 Å². The molecule has 1 aliphatic heterocycles.